The first-order valence-electron chi connectivity index (χ1n) is 4.97. The van der Waals surface area contributed by atoms with E-state index in [1.54, 1.807) is 18.5 Å². The highest BCUT2D eigenvalue weighted by atomic mass is 16.2. The third-order valence-electron chi connectivity index (χ3n) is 2.14. The first-order chi connectivity index (χ1) is 8.27. The number of nitrogens with one attached hydrogen (secondary N) is 2. The Kier molecular flexibility index (Phi) is 3.25. The van der Waals surface area contributed by atoms with Gasteiger partial charge in [-0.25, -0.2) is 4.98 Å². The molecule has 6 nitrogen and oxygen atoms in total. The van der Waals surface area contributed by atoms with E-state index in [9.17, 15) is 9.59 Å². The van der Waals surface area contributed by atoms with E-state index in [4.69, 9.17) is 0 Å². The maximum Gasteiger partial charge on any atom is 0.263 e. The predicted molar refractivity (Wildman–Crippen MR) is 60.3 cm³/mol. The van der Waals surface area contributed by atoms with Crippen molar-refractivity contribution in [3.8, 4) is 0 Å². The van der Waals surface area contributed by atoms with Crippen molar-refractivity contribution in [3.63, 3.8) is 0 Å². The van der Waals surface area contributed by atoms with Gasteiger partial charge in [-0.15, -0.1) is 0 Å². The second-order valence-corrected chi connectivity index (χ2v) is 3.34. The zero-order valence-corrected chi connectivity index (χ0v) is 8.88. The topological polar surface area (TPSA) is 87.7 Å². The number of aromatic amines is 1. The fraction of sp³-hybridized carbons (Fsp3) is 0.0909. The van der Waals surface area contributed by atoms with E-state index < -0.39 is 11.5 Å². The van der Waals surface area contributed by atoms with Gasteiger partial charge in [0.2, 0.25) is 0 Å². The average Bonchev–Trinajstić information content (AvgIpc) is 2.38. The Labute approximate surface area is 96.8 Å². The maximum absolute atomic E-state index is 11.6. The molecule has 1 amide bonds. The molecule has 6 heteroatoms. The van der Waals surface area contributed by atoms with Crippen molar-refractivity contribution < 1.29 is 4.79 Å². The molecule has 0 saturated carbocycles. The van der Waals surface area contributed by atoms with E-state index in [-0.39, 0.29) is 5.56 Å². The standard InChI is InChI=1S/C11H10N4O2/c16-10(9-6-13-7-15-11(9)17)14-5-8-2-1-3-12-4-8/h1-4,6-7H,5H2,(H,14,16)(H,13,15,17). The summed E-state index contributed by atoms with van der Waals surface area (Å²) in [6.45, 7) is 0.320. The van der Waals surface area contributed by atoms with Gasteiger partial charge in [-0.05, 0) is 11.6 Å². The van der Waals surface area contributed by atoms with Gasteiger partial charge in [-0.3, -0.25) is 14.6 Å². The number of carbonyl (C=O) groups is 1. The highest BCUT2D eigenvalue weighted by Crippen LogP contribution is 1.95. The minimum Gasteiger partial charge on any atom is -0.348 e. The molecule has 17 heavy (non-hydrogen) atoms. The minimum absolute atomic E-state index is 0.00334. The van der Waals surface area contributed by atoms with Gasteiger partial charge in [0.25, 0.3) is 11.5 Å². The molecule has 0 aliphatic rings. The van der Waals surface area contributed by atoms with Crippen LogP contribution in [0.25, 0.3) is 0 Å². The summed E-state index contributed by atoms with van der Waals surface area (Å²) in [7, 11) is 0. The summed E-state index contributed by atoms with van der Waals surface area (Å²) in [5.41, 5.74) is 0.404. The monoisotopic (exact) mass is 230 g/mol. The lowest BCUT2D eigenvalue weighted by Gasteiger charge is -2.03. The second-order valence-electron chi connectivity index (χ2n) is 3.34. The summed E-state index contributed by atoms with van der Waals surface area (Å²) < 4.78 is 0. The van der Waals surface area contributed by atoms with E-state index in [2.05, 4.69) is 20.3 Å². The number of nitrogens with zero attached hydrogens (tertiary/aromatic N) is 2. The van der Waals surface area contributed by atoms with Crippen LogP contribution in [0.15, 0.2) is 41.8 Å². The second kappa shape index (κ2) is 5.02. The fourth-order valence-electron chi connectivity index (χ4n) is 1.29. The van der Waals surface area contributed by atoms with Gasteiger partial charge in [0, 0.05) is 25.1 Å². The lowest BCUT2D eigenvalue weighted by atomic mass is 10.2. The van der Waals surface area contributed by atoms with Crippen molar-refractivity contribution in [2.75, 3.05) is 0 Å². The summed E-state index contributed by atoms with van der Waals surface area (Å²) in [5, 5.41) is 2.62. The molecule has 0 atom stereocenters. The molecular formula is C11H10N4O2. The highest BCUT2D eigenvalue weighted by molar-refractivity contribution is 5.93. The summed E-state index contributed by atoms with van der Waals surface area (Å²) in [6.07, 6.45) is 5.77. The Morgan fingerprint density at radius 2 is 2.24 bits per heavy atom. The SMILES string of the molecule is O=C(NCc1cccnc1)c1cnc[nH]c1=O. The molecule has 86 valence electrons. The Morgan fingerprint density at radius 3 is 2.94 bits per heavy atom. The number of amides is 1. The summed E-state index contributed by atoms with van der Waals surface area (Å²) in [5.74, 6) is -0.455. The van der Waals surface area contributed by atoms with Crippen LogP contribution in [0.3, 0.4) is 0 Å². The van der Waals surface area contributed by atoms with E-state index in [1.807, 2.05) is 6.07 Å². The Hall–Kier alpha value is -2.50. The van der Waals surface area contributed by atoms with Crippen molar-refractivity contribution in [1.29, 1.82) is 0 Å². The van der Waals surface area contributed by atoms with Crippen LogP contribution in [0.5, 0.6) is 0 Å². The van der Waals surface area contributed by atoms with Gasteiger partial charge in [0.15, 0.2) is 0 Å². The largest absolute Gasteiger partial charge is 0.348 e. The number of hydrogen-bond donors (Lipinski definition) is 2. The first kappa shape index (κ1) is 11.0. The van der Waals surface area contributed by atoms with Crippen molar-refractivity contribution in [2.24, 2.45) is 0 Å². The zero-order chi connectivity index (χ0) is 12.1. The van der Waals surface area contributed by atoms with Crippen molar-refractivity contribution in [1.82, 2.24) is 20.3 Å². The number of aromatic nitrogens is 3. The molecule has 2 heterocycles. The predicted octanol–water partition coefficient (Wildman–Crippen LogP) is 0.0949. The molecule has 0 radical (unpaired) electrons. The van der Waals surface area contributed by atoms with E-state index >= 15 is 0 Å². The number of H-pyrrole nitrogens is 1. The smallest absolute Gasteiger partial charge is 0.263 e. The third kappa shape index (κ3) is 2.75. The molecule has 0 unspecified atom stereocenters. The van der Waals surface area contributed by atoms with Gasteiger partial charge in [-0.1, -0.05) is 6.07 Å². The van der Waals surface area contributed by atoms with Gasteiger partial charge >= 0.3 is 0 Å². The molecule has 0 bridgehead atoms. The maximum atomic E-state index is 11.6. The van der Waals surface area contributed by atoms with Crippen LogP contribution in [0.2, 0.25) is 0 Å². The normalized spacial score (nSPS) is 9.88. The lowest BCUT2D eigenvalue weighted by molar-refractivity contribution is 0.0949. The van der Waals surface area contributed by atoms with Crippen molar-refractivity contribution in [3.05, 3.63) is 58.5 Å². The van der Waals surface area contributed by atoms with Gasteiger partial charge in [0.1, 0.15) is 5.56 Å². The average molecular weight is 230 g/mol. The molecule has 0 aliphatic heterocycles. The summed E-state index contributed by atoms with van der Waals surface area (Å²) >= 11 is 0. The number of pyridine rings is 1. The number of carbonyl (C=O) groups excluding carboxylic acids is 1. The third-order valence-corrected chi connectivity index (χ3v) is 2.14. The minimum atomic E-state index is -0.455. The molecular weight excluding hydrogens is 220 g/mol. The Bertz CT molecular complexity index is 565. The lowest BCUT2D eigenvalue weighted by Crippen LogP contribution is -2.29. The molecule has 0 aromatic carbocycles. The number of rotatable bonds is 3. The van der Waals surface area contributed by atoms with Crippen LogP contribution in [0.4, 0.5) is 0 Å². The quantitative estimate of drug-likeness (QED) is 0.782. The van der Waals surface area contributed by atoms with Crippen LogP contribution < -0.4 is 10.9 Å². The molecule has 0 aliphatic carbocycles. The van der Waals surface area contributed by atoms with Crippen LogP contribution in [-0.2, 0) is 6.54 Å². The zero-order valence-electron chi connectivity index (χ0n) is 8.88. The number of hydrogen-bond acceptors (Lipinski definition) is 4. The highest BCUT2D eigenvalue weighted by Gasteiger charge is 2.09. The van der Waals surface area contributed by atoms with Crippen molar-refractivity contribution >= 4 is 5.91 Å². The van der Waals surface area contributed by atoms with E-state index in [0.29, 0.717) is 6.54 Å². The Balaban J connectivity index is 2.04. The fourth-order valence-corrected chi connectivity index (χ4v) is 1.29. The molecule has 2 aromatic rings. The molecule has 2 rings (SSSR count). The van der Waals surface area contributed by atoms with Crippen LogP contribution in [-0.4, -0.2) is 20.9 Å². The van der Waals surface area contributed by atoms with E-state index in [0.717, 1.165) is 5.56 Å². The van der Waals surface area contributed by atoms with Crippen LogP contribution >= 0.6 is 0 Å². The Morgan fingerprint density at radius 1 is 1.35 bits per heavy atom. The van der Waals surface area contributed by atoms with Gasteiger partial charge in [0.05, 0.1) is 6.33 Å². The van der Waals surface area contributed by atoms with Gasteiger partial charge in [-0.2, -0.15) is 0 Å². The molecule has 2 aromatic heterocycles. The van der Waals surface area contributed by atoms with E-state index in [1.165, 1.54) is 12.5 Å². The molecule has 2 N–H and O–H groups in total. The molecule has 0 saturated heterocycles. The van der Waals surface area contributed by atoms with Crippen LogP contribution in [0, 0.1) is 0 Å². The molecule has 0 spiro atoms. The molecule has 0 fully saturated rings. The first-order valence-corrected chi connectivity index (χ1v) is 4.97. The van der Waals surface area contributed by atoms with Crippen molar-refractivity contribution in [2.45, 2.75) is 6.54 Å². The summed E-state index contributed by atoms with van der Waals surface area (Å²) in [4.78, 5) is 32.9. The summed E-state index contributed by atoms with van der Waals surface area (Å²) in [6, 6.07) is 3.61. The van der Waals surface area contributed by atoms with Crippen LogP contribution in [0.1, 0.15) is 15.9 Å². The van der Waals surface area contributed by atoms with Gasteiger partial charge < -0.3 is 10.3 Å².